The number of nitrogens with zero attached hydrogens (tertiary/aromatic N) is 2. The van der Waals surface area contributed by atoms with Crippen LogP contribution in [0.1, 0.15) is 39.7 Å². The van der Waals surface area contributed by atoms with Crippen molar-refractivity contribution in [3.05, 3.63) is 89.6 Å². The molecule has 0 aliphatic carbocycles. The number of oxime groups is 1. The zero-order valence-electron chi connectivity index (χ0n) is 16.6. The molecule has 27 heavy (non-hydrogen) atoms. The molecule has 0 fully saturated rings. The summed E-state index contributed by atoms with van der Waals surface area (Å²) in [5.74, 6) is -0.104. The number of hydrogen-bond donors (Lipinski definition) is 0. The maximum atomic E-state index is 13.9. The third kappa shape index (κ3) is 6.33. The van der Waals surface area contributed by atoms with E-state index in [0.29, 0.717) is 17.0 Å². The molecule has 0 saturated heterocycles. The van der Waals surface area contributed by atoms with E-state index in [4.69, 9.17) is 4.84 Å². The smallest absolute Gasteiger partial charge is 0.176 e. The fraction of sp³-hybridized carbons (Fsp3) is 0.217. The number of halogens is 1. The molecule has 0 N–H and O–H groups in total. The van der Waals surface area contributed by atoms with Crippen LogP contribution in [0.2, 0.25) is 0 Å². The second-order valence-electron chi connectivity index (χ2n) is 5.94. The molecule has 0 aliphatic rings. The maximum Gasteiger partial charge on any atom is 0.176 e. The van der Waals surface area contributed by atoms with Gasteiger partial charge in [-0.15, -0.1) is 0 Å². The van der Waals surface area contributed by atoms with Crippen LogP contribution in [0, 0.1) is 0 Å². The summed E-state index contributed by atoms with van der Waals surface area (Å²) in [5, 5.41) is 4.03. The van der Waals surface area contributed by atoms with Crippen molar-refractivity contribution in [3.63, 3.8) is 0 Å². The van der Waals surface area contributed by atoms with Crippen molar-refractivity contribution in [1.82, 2.24) is 0 Å². The van der Waals surface area contributed by atoms with Crippen LogP contribution in [0.3, 0.4) is 0 Å². The Bertz CT molecular complexity index is 823. The summed E-state index contributed by atoms with van der Waals surface area (Å²) in [5.41, 5.74) is 4.04. The Morgan fingerprint density at radius 2 is 1.81 bits per heavy atom. The van der Waals surface area contributed by atoms with E-state index in [0.717, 1.165) is 23.1 Å². The van der Waals surface area contributed by atoms with Crippen LogP contribution < -0.4 is 0 Å². The first-order valence-corrected chi connectivity index (χ1v) is 8.69. The summed E-state index contributed by atoms with van der Waals surface area (Å²) in [6.45, 7) is 18.1. The van der Waals surface area contributed by atoms with Gasteiger partial charge >= 0.3 is 0 Å². The molecule has 0 aliphatic heterocycles. The van der Waals surface area contributed by atoms with E-state index in [1.54, 1.807) is 19.1 Å². The molecule has 4 heteroatoms. The second-order valence-corrected chi connectivity index (χ2v) is 5.94. The van der Waals surface area contributed by atoms with Gasteiger partial charge in [-0.05, 0) is 51.1 Å². The van der Waals surface area contributed by atoms with Crippen molar-refractivity contribution in [2.45, 2.75) is 34.1 Å². The fourth-order valence-corrected chi connectivity index (χ4v) is 2.46. The Morgan fingerprint density at radius 1 is 1.19 bits per heavy atom. The largest absolute Gasteiger partial charge is 0.355 e. The molecular formula is C23H27FN2O. The highest BCUT2D eigenvalue weighted by atomic mass is 19.1. The highest BCUT2D eigenvalue weighted by molar-refractivity contribution is 6.01. The average Bonchev–Trinajstić information content (AvgIpc) is 2.68. The van der Waals surface area contributed by atoms with Gasteiger partial charge in [0.1, 0.15) is 11.5 Å². The van der Waals surface area contributed by atoms with Gasteiger partial charge in [0.15, 0.2) is 5.76 Å². The van der Waals surface area contributed by atoms with E-state index in [9.17, 15) is 4.39 Å². The molecule has 142 valence electrons. The number of aliphatic imine (C=N–C) groups is 1. The van der Waals surface area contributed by atoms with Gasteiger partial charge in [-0.2, -0.15) is 0 Å². The Labute approximate surface area is 161 Å². The first-order valence-electron chi connectivity index (χ1n) is 8.69. The lowest BCUT2D eigenvalue weighted by Crippen LogP contribution is -2.01. The van der Waals surface area contributed by atoms with Crippen molar-refractivity contribution in [2.24, 2.45) is 10.1 Å². The van der Waals surface area contributed by atoms with Crippen molar-refractivity contribution < 1.29 is 9.23 Å². The number of benzene rings is 1. The molecule has 0 bridgehead atoms. The summed E-state index contributed by atoms with van der Waals surface area (Å²) in [6.07, 6.45) is 4.03. The third-order valence-corrected chi connectivity index (χ3v) is 3.93. The summed E-state index contributed by atoms with van der Waals surface area (Å²) < 4.78 is 13.9. The molecule has 0 spiro atoms. The zero-order chi connectivity index (χ0) is 20.4. The van der Waals surface area contributed by atoms with Crippen molar-refractivity contribution in [1.29, 1.82) is 0 Å². The SMILES string of the molecule is C=C\C(C)=C/C(=C(\C)F)C(/C)=N/OC(=C)/C(N=C)=C(/CC)c1ccccc1. The highest BCUT2D eigenvalue weighted by Crippen LogP contribution is 2.27. The quantitative estimate of drug-likeness (QED) is 0.205. The molecule has 0 heterocycles. The molecule has 1 rings (SSSR count). The Balaban J connectivity index is 3.19. The molecule has 0 atom stereocenters. The predicted octanol–water partition coefficient (Wildman–Crippen LogP) is 6.79. The van der Waals surface area contributed by atoms with Crippen LogP contribution in [0.15, 0.2) is 94.2 Å². The standard InChI is InChI=1S/C23H27FN2O/c1-8-16(3)15-22(17(4)24)18(5)26-27-19(6)23(25-7)21(9-2)20-13-11-10-12-14-20/h8,10-15H,1,6-7,9H2,2-5H3/b16-15-,22-17-,23-21+,26-18+. The molecule has 1 aromatic rings. The minimum atomic E-state index is -0.359. The van der Waals surface area contributed by atoms with E-state index in [2.05, 4.69) is 30.0 Å². The van der Waals surface area contributed by atoms with E-state index in [1.165, 1.54) is 6.92 Å². The Kier molecular flexibility index (Phi) is 8.86. The van der Waals surface area contributed by atoms with Crippen LogP contribution in [-0.4, -0.2) is 12.4 Å². The van der Waals surface area contributed by atoms with Crippen LogP contribution in [0.25, 0.3) is 5.57 Å². The number of hydrogen-bond acceptors (Lipinski definition) is 3. The lowest BCUT2D eigenvalue weighted by molar-refractivity contribution is 0.237. The average molecular weight is 366 g/mol. The summed E-state index contributed by atoms with van der Waals surface area (Å²) >= 11 is 0. The molecule has 0 aromatic heterocycles. The fourth-order valence-electron chi connectivity index (χ4n) is 2.46. The van der Waals surface area contributed by atoms with E-state index < -0.39 is 0 Å². The van der Waals surface area contributed by atoms with Gasteiger partial charge in [0.2, 0.25) is 0 Å². The van der Waals surface area contributed by atoms with Crippen LogP contribution in [-0.2, 0) is 4.84 Å². The third-order valence-electron chi connectivity index (χ3n) is 3.93. The molecule has 1 aromatic carbocycles. The second kappa shape index (κ2) is 10.9. The van der Waals surface area contributed by atoms with Gasteiger partial charge in [0.05, 0.1) is 5.71 Å². The maximum absolute atomic E-state index is 13.9. The summed E-state index contributed by atoms with van der Waals surface area (Å²) in [7, 11) is 0. The van der Waals surface area contributed by atoms with Gasteiger partial charge in [-0.3, -0.25) is 4.99 Å². The molecule has 0 amide bonds. The summed E-state index contributed by atoms with van der Waals surface area (Å²) in [6, 6.07) is 9.83. The predicted molar refractivity (Wildman–Crippen MR) is 114 cm³/mol. The van der Waals surface area contributed by atoms with E-state index in [1.807, 2.05) is 44.2 Å². The Morgan fingerprint density at radius 3 is 2.30 bits per heavy atom. The minimum Gasteiger partial charge on any atom is -0.355 e. The number of allylic oxidation sites excluding steroid dienone is 6. The van der Waals surface area contributed by atoms with E-state index in [-0.39, 0.29) is 11.6 Å². The molecule has 0 radical (unpaired) electrons. The van der Waals surface area contributed by atoms with Gasteiger partial charge in [-0.25, -0.2) is 4.39 Å². The molecule has 0 saturated carbocycles. The lowest BCUT2D eigenvalue weighted by atomic mass is 10.0. The van der Waals surface area contributed by atoms with Gasteiger partial charge in [-0.1, -0.05) is 67.2 Å². The van der Waals surface area contributed by atoms with Crippen LogP contribution in [0.4, 0.5) is 4.39 Å². The van der Waals surface area contributed by atoms with Crippen LogP contribution >= 0.6 is 0 Å². The first kappa shape index (κ1) is 22.0. The lowest BCUT2D eigenvalue weighted by Gasteiger charge is -2.12. The molecule has 3 nitrogen and oxygen atoms in total. The zero-order valence-corrected chi connectivity index (χ0v) is 16.6. The van der Waals surface area contributed by atoms with Crippen molar-refractivity contribution in [3.8, 4) is 0 Å². The van der Waals surface area contributed by atoms with E-state index >= 15 is 0 Å². The topological polar surface area (TPSA) is 34.0 Å². The minimum absolute atomic E-state index is 0.255. The molecule has 0 unspecified atom stereocenters. The Hall–Kier alpha value is -3.01. The first-order chi connectivity index (χ1) is 12.8. The monoisotopic (exact) mass is 366 g/mol. The van der Waals surface area contributed by atoms with Gasteiger partial charge < -0.3 is 4.84 Å². The summed E-state index contributed by atoms with van der Waals surface area (Å²) in [4.78, 5) is 9.53. The van der Waals surface area contributed by atoms with Crippen molar-refractivity contribution in [2.75, 3.05) is 0 Å². The number of rotatable bonds is 9. The highest BCUT2D eigenvalue weighted by Gasteiger charge is 2.12. The molecular weight excluding hydrogens is 339 g/mol. The van der Waals surface area contributed by atoms with Gasteiger partial charge in [0, 0.05) is 5.57 Å². The van der Waals surface area contributed by atoms with Crippen LogP contribution in [0.5, 0.6) is 0 Å². The van der Waals surface area contributed by atoms with Crippen molar-refractivity contribution >= 4 is 18.0 Å². The van der Waals surface area contributed by atoms with Gasteiger partial charge in [0.25, 0.3) is 0 Å². The normalized spacial score (nSPS) is 14.1.